The minimum absolute atomic E-state index is 0.214. The number of aryl methyl sites for hydroxylation is 1. The monoisotopic (exact) mass is 236 g/mol. The molecule has 2 heterocycles. The molecule has 0 radical (unpaired) electrons. The summed E-state index contributed by atoms with van der Waals surface area (Å²) >= 11 is 1.68. The van der Waals surface area contributed by atoms with E-state index in [4.69, 9.17) is 4.42 Å². The van der Waals surface area contributed by atoms with Crippen LogP contribution in [0.4, 0.5) is 0 Å². The van der Waals surface area contributed by atoms with E-state index in [9.17, 15) is 0 Å². The SMILES string of the molecule is CCc1ccc(C(Cc2nccs2)NC)o1. The Kier molecular flexibility index (Phi) is 3.74. The van der Waals surface area contributed by atoms with Crippen molar-refractivity contribution >= 4 is 11.3 Å². The fourth-order valence-corrected chi connectivity index (χ4v) is 2.31. The highest BCUT2D eigenvalue weighted by molar-refractivity contribution is 7.09. The van der Waals surface area contributed by atoms with Crippen molar-refractivity contribution in [3.63, 3.8) is 0 Å². The number of thiazole rings is 1. The van der Waals surface area contributed by atoms with E-state index >= 15 is 0 Å². The molecule has 0 spiro atoms. The highest BCUT2D eigenvalue weighted by Crippen LogP contribution is 2.21. The average molecular weight is 236 g/mol. The van der Waals surface area contributed by atoms with Crippen molar-refractivity contribution in [1.29, 1.82) is 0 Å². The predicted octanol–water partition coefficient (Wildman–Crippen LogP) is 2.80. The molecule has 0 bridgehead atoms. The summed E-state index contributed by atoms with van der Waals surface area (Å²) in [5, 5.41) is 6.40. The molecule has 1 atom stereocenters. The van der Waals surface area contributed by atoms with Crippen LogP contribution in [-0.2, 0) is 12.8 Å². The van der Waals surface area contributed by atoms with Gasteiger partial charge >= 0.3 is 0 Å². The second-order valence-electron chi connectivity index (χ2n) is 3.63. The number of aromatic nitrogens is 1. The zero-order valence-corrected chi connectivity index (χ0v) is 10.4. The van der Waals surface area contributed by atoms with Gasteiger partial charge in [0.2, 0.25) is 0 Å². The Morgan fingerprint density at radius 1 is 1.50 bits per heavy atom. The summed E-state index contributed by atoms with van der Waals surface area (Å²) in [6.45, 7) is 2.10. The lowest BCUT2D eigenvalue weighted by molar-refractivity contribution is 0.406. The van der Waals surface area contributed by atoms with Crippen LogP contribution in [-0.4, -0.2) is 12.0 Å². The first kappa shape index (κ1) is 11.4. The molecule has 2 aromatic rings. The minimum atomic E-state index is 0.214. The first-order valence-corrected chi connectivity index (χ1v) is 6.35. The Bertz CT molecular complexity index is 422. The van der Waals surface area contributed by atoms with E-state index in [1.165, 1.54) is 0 Å². The van der Waals surface area contributed by atoms with Gasteiger partial charge in [0.05, 0.1) is 11.0 Å². The molecule has 4 heteroatoms. The number of hydrogen-bond acceptors (Lipinski definition) is 4. The zero-order valence-electron chi connectivity index (χ0n) is 9.56. The number of hydrogen-bond donors (Lipinski definition) is 1. The lowest BCUT2D eigenvalue weighted by Crippen LogP contribution is -2.18. The fourth-order valence-electron chi connectivity index (χ4n) is 1.65. The molecular weight excluding hydrogens is 220 g/mol. The minimum Gasteiger partial charge on any atom is -0.464 e. The molecule has 2 aromatic heterocycles. The van der Waals surface area contributed by atoms with Crippen molar-refractivity contribution in [3.05, 3.63) is 40.2 Å². The number of nitrogens with one attached hydrogen (secondary N) is 1. The molecule has 0 amide bonds. The van der Waals surface area contributed by atoms with Crippen molar-refractivity contribution in [2.24, 2.45) is 0 Å². The molecular formula is C12H16N2OS. The van der Waals surface area contributed by atoms with Crippen molar-refractivity contribution in [2.75, 3.05) is 7.05 Å². The smallest absolute Gasteiger partial charge is 0.121 e. The molecule has 0 aliphatic heterocycles. The predicted molar refractivity (Wildman–Crippen MR) is 65.7 cm³/mol. The third-order valence-corrected chi connectivity index (χ3v) is 3.39. The van der Waals surface area contributed by atoms with Gasteiger partial charge in [-0.2, -0.15) is 0 Å². The van der Waals surface area contributed by atoms with Gasteiger partial charge in [-0.05, 0) is 19.2 Å². The van der Waals surface area contributed by atoms with E-state index in [2.05, 4.69) is 17.2 Å². The molecule has 0 fully saturated rings. The number of rotatable bonds is 5. The summed E-state index contributed by atoms with van der Waals surface area (Å²) in [6, 6.07) is 4.31. The van der Waals surface area contributed by atoms with Gasteiger partial charge in [-0.3, -0.25) is 0 Å². The highest BCUT2D eigenvalue weighted by Gasteiger charge is 2.15. The average Bonchev–Trinajstić information content (AvgIpc) is 2.96. The first-order chi connectivity index (χ1) is 7.83. The van der Waals surface area contributed by atoms with Crippen LogP contribution < -0.4 is 5.32 Å². The molecule has 2 rings (SSSR count). The van der Waals surface area contributed by atoms with Gasteiger partial charge in [0.25, 0.3) is 0 Å². The molecule has 0 aliphatic rings. The van der Waals surface area contributed by atoms with Gasteiger partial charge in [0.15, 0.2) is 0 Å². The van der Waals surface area contributed by atoms with Crippen LogP contribution in [0.3, 0.4) is 0 Å². The Hall–Kier alpha value is -1.13. The Balaban J connectivity index is 2.10. The first-order valence-electron chi connectivity index (χ1n) is 5.47. The van der Waals surface area contributed by atoms with E-state index in [1.807, 2.05) is 30.8 Å². The molecule has 1 unspecified atom stereocenters. The maximum absolute atomic E-state index is 5.75. The Morgan fingerprint density at radius 2 is 2.38 bits per heavy atom. The topological polar surface area (TPSA) is 38.1 Å². The van der Waals surface area contributed by atoms with Gasteiger partial charge in [0.1, 0.15) is 11.5 Å². The lowest BCUT2D eigenvalue weighted by atomic mass is 10.1. The van der Waals surface area contributed by atoms with Crippen LogP contribution in [0.5, 0.6) is 0 Å². The fraction of sp³-hybridized carbons (Fsp3) is 0.417. The molecule has 0 saturated carbocycles. The summed E-state index contributed by atoms with van der Waals surface area (Å²) in [6.07, 6.45) is 3.66. The van der Waals surface area contributed by atoms with Gasteiger partial charge in [-0.1, -0.05) is 6.92 Å². The van der Waals surface area contributed by atoms with Gasteiger partial charge in [-0.15, -0.1) is 11.3 Å². The maximum Gasteiger partial charge on any atom is 0.121 e. The third kappa shape index (κ3) is 2.51. The maximum atomic E-state index is 5.75. The normalized spacial score (nSPS) is 12.9. The molecule has 0 saturated heterocycles. The molecule has 16 heavy (non-hydrogen) atoms. The second-order valence-corrected chi connectivity index (χ2v) is 4.61. The van der Waals surface area contributed by atoms with E-state index in [0.29, 0.717) is 0 Å². The molecule has 3 nitrogen and oxygen atoms in total. The van der Waals surface area contributed by atoms with Crippen molar-refractivity contribution in [1.82, 2.24) is 10.3 Å². The summed E-state index contributed by atoms with van der Waals surface area (Å²) in [5.41, 5.74) is 0. The van der Waals surface area contributed by atoms with Crippen LogP contribution >= 0.6 is 11.3 Å². The van der Waals surface area contributed by atoms with Crippen LogP contribution in [0.1, 0.15) is 29.5 Å². The largest absolute Gasteiger partial charge is 0.464 e. The number of likely N-dealkylation sites (N-methyl/N-ethyl adjacent to an activating group) is 1. The van der Waals surface area contributed by atoms with Crippen LogP contribution in [0.2, 0.25) is 0 Å². The van der Waals surface area contributed by atoms with Crippen molar-refractivity contribution < 1.29 is 4.42 Å². The summed E-state index contributed by atoms with van der Waals surface area (Å²) < 4.78 is 5.75. The highest BCUT2D eigenvalue weighted by atomic mass is 32.1. The van der Waals surface area contributed by atoms with Crippen LogP contribution in [0.25, 0.3) is 0 Å². The summed E-state index contributed by atoms with van der Waals surface area (Å²) in [5.74, 6) is 2.03. The summed E-state index contributed by atoms with van der Waals surface area (Å²) in [7, 11) is 1.95. The number of furan rings is 1. The van der Waals surface area contributed by atoms with Crippen LogP contribution in [0, 0.1) is 0 Å². The van der Waals surface area contributed by atoms with Gasteiger partial charge < -0.3 is 9.73 Å². The zero-order chi connectivity index (χ0) is 11.4. The van der Waals surface area contributed by atoms with E-state index in [0.717, 1.165) is 29.4 Å². The molecule has 0 aliphatic carbocycles. The van der Waals surface area contributed by atoms with E-state index < -0.39 is 0 Å². The molecule has 1 N–H and O–H groups in total. The van der Waals surface area contributed by atoms with Crippen molar-refractivity contribution in [3.8, 4) is 0 Å². The summed E-state index contributed by atoms with van der Waals surface area (Å²) in [4.78, 5) is 4.29. The Labute approximate surface area is 99.5 Å². The lowest BCUT2D eigenvalue weighted by Gasteiger charge is -2.11. The molecule has 0 aromatic carbocycles. The van der Waals surface area contributed by atoms with E-state index in [-0.39, 0.29) is 6.04 Å². The molecule has 86 valence electrons. The van der Waals surface area contributed by atoms with E-state index in [1.54, 1.807) is 11.3 Å². The van der Waals surface area contributed by atoms with Gasteiger partial charge in [-0.25, -0.2) is 4.98 Å². The Morgan fingerprint density at radius 3 is 2.94 bits per heavy atom. The number of nitrogens with zero attached hydrogens (tertiary/aromatic N) is 1. The standard InChI is InChI=1S/C12H16N2OS/c1-3-9-4-5-11(15-9)10(13-2)8-12-14-6-7-16-12/h4-7,10,13H,3,8H2,1-2H3. The second kappa shape index (κ2) is 5.27. The van der Waals surface area contributed by atoms with Gasteiger partial charge in [0, 0.05) is 24.4 Å². The quantitative estimate of drug-likeness (QED) is 0.867. The van der Waals surface area contributed by atoms with Crippen molar-refractivity contribution in [2.45, 2.75) is 25.8 Å². The third-order valence-electron chi connectivity index (χ3n) is 2.59. The van der Waals surface area contributed by atoms with Crippen LogP contribution in [0.15, 0.2) is 28.1 Å².